The summed E-state index contributed by atoms with van der Waals surface area (Å²) in [4.78, 5) is 10.3. The average Bonchev–Trinajstić information content (AvgIpc) is 3.12. The van der Waals surface area contributed by atoms with Gasteiger partial charge in [-0.05, 0) is 45.2 Å². The monoisotopic (exact) mass is 443 g/mol. The molecule has 3 heteroatoms. The van der Waals surface area contributed by atoms with E-state index in [0.717, 1.165) is 22.6 Å². The van der Waals surface area contributed by atoms with Gasteiger partial charge < -0.3 is 4.57 Å². The predicted octanol–water partition coefficient (Wildman–Crippen LogP) is 8.34. The van der Waals surface area contributed by atoms with Crippen molar-refractivity contribution < 1.29 is 0 Å². The van der Waals surface area contributed by atoms with Crippen molar-refractivity contribution in [3.63, 3.8) is 0 Å². The van der Waals surface area contributed by atoms with Crippen LogP contribution in [0.25, 0.3) is 54.7 Å². The number of rotatable bonds is 3. The molecule has 3 nitrogen and oxygen atoms in total. The minimum atomic E-state index is 0.237. The molecule has 6 rings (SSSR count). The Morgan fingerprint density at radius 3 is 2.06 bits per heavy atom. The third kappa shape index (κ3) is 3.03. The van der Waals surface area contributed by atoms with E-state index in [1.165, 1.54) is 43.6 Å². The molecule has 168 valence electrons. The highest BCUT2D eigenvalue weighted by molar-refractivity contribution is 6.18. The number of benzene rings is 4. The standard InChI is InChI=1S/C31H29N3/c1-18(2)22-14-15-25(24-13-9-8-12-23(22)24)29-28-26-16-20-10-6-7-11-21(20)17-27(26)34(5)31(28)33-30(32-29)19(3)4/h6-19H,1-5H3. The summed E-state index contributed by atoms with van der Waals surface area (Å²) in [5.74, 6) is 1.58. The van der Waals surface area contributed by atoms with Crippen LogP contribution in [0.2, 0.25) is 0 Å². The molecule has 0 atom stereocenters. The Morgan fingerprint density at radius 1 is 0.676 bits per heavy atom. The van der Waals surface area contributed by atoms with E-state index in [2.05, 4.69) is 112 Å². The van der Waals surface area contributed by atoms with Gasteiger partial charge in [-0.1, -0.05) is 88.4 Å². The maximum absolute atomic E-state index is 5.21. The molecule has 34 heavy (non-hydrogen) atoms. The summed E-state index contributed by atoms with van der Waals surface area (Å²) in [6, 6.07) is 26.4. The van der Waals surface area contributed by atoms with Gasteiger partial charge >= 0.3 is 0 Å². The lowest BCUT2D eigenvalue weighted by molar-refractivity contribution is 0.778. The largest absolute Gasteiger partial charge is 0.328 e. The molecule has 0 saturated carbocycles. The molecule has 0 saturated heterocycles. The van der Waals surface area contributed by atoms with Crippen molar-refractivity contribution in [3.8, 4) is 11.3 Å². The van der Waals surface area contributed by atoms with Crippen LogP contribution in [0.15, 0.2) is 72.8 Å². The Bertz CT molecular complexity index is 1720. The van der Waals surface area contributed by atoms with Crippen LogP contribution < -0.4 is 0 Å². The van der Waals surface area contributed by atoms with Crippen LogP contribution in [-0.2, 0) is 7.05 Å². The topological polar surface area (TPSA) is 30.7 Å². The minimum absolute atomic E-state index is 0.237. The van der Waals surface area contributed by atoms with Crippen LogP contribution in [0, 0.1) is 0 Å². The van der Waals surface area contributed by atoms with Crippen LogP contribution in [-0.4, -0.2) is 14.5 Å². The summed E-state index contributed by atoms with van der Waals surface area (Å²) in [6.07, 6.45) is 0. The molecule has 2 heterocycles. The van der Waals surface area contributed by atoms with Gasteiger partial charge in [-0.25, -0.2) is 9.97 Å². The summed E-state index contributed by atoms with van der Waals surface area (Å²) in [7, 11) is 2.13. The molecular weight excluding hydrogens is 414 g/mol. The first kappa shape index (κ1) is 20.9. The number of aromatic nitrogens is 3. The fourth-order valence-corrected chi connectivity index (χ4v) is 5.26. The Hall–Kier alpha value is -3.72. The number of nitrogens with zero attached hydrogens (tertiary/aromatic N) is 3. The number of aryl methyl sites for hydroxylation is 1. The van der Waals surface area contributed by atoms with E-state index in [1.54, 1.807) is 0 Å². The lowest BCUT2D eigenvalue weighted by Crippen LogP contribution is -2.02. The first-order chi connectivity index (χ1) is 16.4. The third-order valence-electron chi connectivity index (χ3n) is 7.07. The zero-order valence-electron chi connectivity index (χ0n) is 20.4. The minimum Gasteiger partial charge on any atom is -0.328 e. The SMILES string of the molecule is CC(C)c1nc(-c2ccc(C(C)C)c3ccccc23)c2c3cc4ccccc4cc3n(C)c2n1. The number of hydrogen-bond donors (Lipinski definition) is 0. The summed E-state index contributed by atoms with van der Waals surface area (Å²) < 4.78 is 2.23. The molecular formula is C31H29N3. The Balaban J connectivity index is 1.80. The highest BCUT2D eigenvalue weighted by Crippen LogP contribution is 2.40. The normalized spacial score (nSPS) is 12.2. The summed E-state index contributed by atoms with van der Waals surface area (Å²) >= 11 is 0. The first-order valence-electron chi connectivity index (χ1n) is 12.1. The lowest BCUT2D eigenvalue weighted by atomic mass is 9.91. The van der Waals surface area contributed by atoms with Crippen molar-refractivity contribution in [1.82, 2.24) is 14.5 Å². The molecule has 0 N–H and O–H groups in total. The molecule has 4 aromatic carbocycles. The zero-order chi connectivity index (χ0) is 23.6. The molecule has 0 bridgehead atoms. The summed E-state index contributed by atoms with van der Waals surface area (Å²) in [6.45, 7) is 8.86. The second kappa shape index (κ2) is 7.66. The van der Waals surface area contributed by atoms with Crippen LogP contribution in [0.1, 0.15) is 50.9 Å². The van der Waals surface area contributed by atoms with Gasteiger partial charge in [0.25, 0.3) is 0 Å². The molecule has 0 fully saturated rings. The van der Waals surface area contributed by atoms with E-state index in [4.69, 9.17) is 9.97 Å². The van der Waals surface area contributed by atoms with Crippen molar-refractivity contribution >= 4 is 43.5 Å². The van der Waals surface area contributed by atoms with E-state index in [0.29, 0.717) is 5.92 Å². The third-order valence-corrected chi connectivity index (χ3v) is 7.07. The second-order valence-electron chi connectivity index (χ2n) is 9.96. The van der Waals surface area contributed by atoms with Gasteiger partial charge in [0.2, 0.25) is 0 Å². The molecule has 0 spiro atoms. The van der Waals surface area contributed by atoms with Crippen molar-refractivity contribution in [2.45, 2.75) is 39.5 Å². The molecule has 0 radical (unpaired) electrons. The lowest BCUT2D eigenvalue weighted by Gasteiger charge is -2.15. The highest BCUT2D eigenvalue weighted by atomic mass is 15.1. The Morgan fingerprint density at radius 2 is 1.35 bits per heavy atom. The molecule has 0 aliphatic heterocycles. The van der Waals surface area contributed by atoms with Gasteiger partial charge in [0.05, 0.1) is 16.6 Å². The summed E-state index contributed by atoms with van der Waals surface area (Å²) in [5.41, 5.74) is 5.76. The molecule has 0 amide bonds. The highest BCUT2D eigenvalue weighted by Gasteiger charge is 2.21. The van der Waals surface area contributed by atoms with Gasteiger partial charge in [-0.3, -0.25) is 0 Å². The van der Waals surface area contributed by atoms with Crippen molar-refractivity contribution in [3.05, 3.63) is 84.2 Å². The van der Waals surface area contributed by atoms with Gasteiger partial charge in [0, 0.05) is 23.9 Å². The van der Waals surface area contributed by atoms with E-state index in [1.807, 2.05) is 0 Å². The van der Waals surface area contributed by atoms with Gasteiger partial charge in [-0.2, -0.15) is 0 Å². The average molecular weight is 444 g/mol. The van der Waals surface area contributed by atoms with Crippen LogP contribution >= 0.6 is 0 Å². The van der Waals surface area contributed by atoms with Crippen molar-refractivity contribution in [2.24, 2.45) is 7.05 Å². The van der Waals surface area contributed by atoms with E-state index in [-0.39, 0.29) is 5.92 Å². The molecule has 2 aromatic heterocycles. The quantitative estimate of drug-likeness (QED) is 0.275. The predicted molar refractivity (Wildman–Crippen MR) is 145 cm³/mol. The summed E-state index contributed by atoms with van der Waals surface area (Å²) in [5, 5.41) is 7.38. The fourth-order valence-electron chi connectivity index (χ4n) is 5.26. The van der Waals surface area contributed by atoms with Crippen LogP contribution in [0.5, 0.6) is 0 Å². The van der Waals surface area contributed by atoms with E-state index in [9.17, 15) is 0 Å². The smallest absolute Gasteiger partial charge is 0.145 e. The van der Waals surface area contributed by atoms with Crippen molar-refractivity contribution in [2.75, 3.05) is 0 Å². The second-order valence-corrected chi connectivity index (χ2v) is 9.96. The zero-order valence-corrected chi connectivity index (χ0v) is 20.4. The number of hydrogen-bond acceptors (Lipinski definition) is 2. The molecule has 6 aromatic rings. The van der Waals surface area contributed by atoms with Gasteiger partial charge in [-0.15, -0.1) is 0 Å². The fraction of sp³-hybridized carbons (Fsp3) is 0.226. The number of fused-ring (bicyclic) bond motifs is 5. The van der Waals surface area contributed by atoms with Crippen LogP contribution in [0.4, 0.5) is 0 Å². The van der Waals surface area contributed by atoms with E-state index >= 15 is 0 Å². The maximum atomic E-state index is 5.21. The maximum Gasteiger partial charge on any atom is 0.145 e. The molecule has 0 aliphatic rings. The van der Waals surface area contributed by atoms with Gasteiger partial charge in [0.15, 0.2) is 0 Å². The molecule has 0 unspecified atom stereocenters. The Labute approximate surface area is 200 Å². The van der Waals surface area contributed by atoms with Crippen molar-refractivity contribution in [1.29, 1.82) is 0 Å². The van der Waals surface area contributed by atoms with Crippen LogP contribution in [0.3, 0.4) is 0 Å². The Kier molecular flexibility index (Phi) is 4.70. The first-order valence-corrected chi connectivity index (χ1v) is 12.1. The van der Waals surface area contributed by atoms with E-state index < -0.39 is 0 Å². The van der Waals surface area contributed by atoms with Gasteiger partial charge in [0.1, 0.15) is 11.5 Å². The molecule has 0 aliphatic carbocycles.